The summed E-state index contributed by atoms with van der Waals surface area (Å²) in [5.74, 6) is 0.273. The molecule has 0 bridgehead atoms. The molecule has 0 spiro atoms. The van der Waals surface area contributed by atoms with Gasteiger partial charge in [0, 0.05) is 6.04 Å². The molecule has 1 rings (SSSR count). The van der Waals surface area contributed by atoms with E-state index in [1.165, 1.54) is 0 Å². The Labute approximate surface area is 102 Å². The van der Waals surface area contributed by atoms with Gasteiger partial charge in [0.2, 0.25) is 0 Å². The van der Waals surface area contributed by atoms with Crippen LogP contribution >= 0.6 is 11.6 Å². The molecule has 1 aromatic carbocycles. The van der Waals surface area contributed by atoms with Gasteiger partial charge in [-0.1, -0.05) is 37.6 Å². The highest BCUT2D eigenvalue weighted by atomic mass is 35.5. The molecule has 0 saturated heterocycles. The quantitative estimate of drug-likeness (QED) is 0.832. The van der Waals surface area contributed by atoms with E-state index in [4.69, 9.17) is 11.6 Å². The standard InChI is InChI=1S/C13H19ClFN/c1-9(2)12(16-3)8-7-10-5-4-6-11(14)13(10)15/h4-6,9,12,16H,7-8H2,1-3H3. The van der Waals surface area contributed by atoms with Gasteiger partial charge in [0.25, 0.3) is 0 Å². The summed E-state index contributed by atoms with van der Waals surface area (Å²) in [6.07, 6.45) is 1.64. The van der Waals surface area contributed by atoms with Gasteiger partial charge in [0.05, 0.1) is 5.02 Å². The fraction of sp³-hybridized carbons (Fsp3) is 0.538. The first-order valence-corrected chi connectivity index (χ1v) is 6.04. The lowest BCUT2D eigenvalue weighted by Gasteiger charge is -2.20. The highest BCUT2D eigenvalue weighted by Gasteiger charge is 2.12. The maximum absolute atomic E-state index is 13.6. The predicted octanol–water partition coefficient (Wildman–Crippen LogP) is 3.66. The van der Waals surface area contributed by atoms with Crippen LogP contribution in [0.15, 0.2) is 18.2 Å². The van der Waals surface area contributed by atoms with Crippen LogP contribution in [0.4, 0.5) is 4.39 Å². The SMILES string of the molecule is CNC(CCc1cccc(Cl)c1F)C(C)C. The molecular weight excluding hydrogens is 225 g/mol. The molecule has 0 saturated carbocycles. The second kappa shape index (κ2) is 6.21. The minimum Gasteiger partial charge on any atom is -0.317 e. The van der Waals surface area contributed by atoms with Gasteiger partial charge in [-0.25, -0.2) is 4.39 Å². The van der Waals surface area contributed by atoms with E-state index in [-0.39, 0.29) is 10.8 Å². The van der Waals surface area contributed by atoms with Gasteiger partial charge in [0.15, 0.2) is 0 Å². The molecule has 0 radical (unpaired) electrons. The van der Waals surface area contributed by atoms with Crippen molar-refractivity contribution >= 4 is 11.6 Å². The number of aryl methyl sites for hydroxylation is 1. The lowest BCUT2D eigenvalue weighted by molar-refractivity contribution is 0.400. The van der Waals surface area contributed by atoms with Crippen LogP contribution in [0, 0.1) is 11.7 Å². The minimum absolute atomic E-state index is 0.211. The van der Waals surface area contributed by atoms with Gasteiger partial charge in [-0.15, -0.1) is 0 Å². The third kappa shape index (κ3) is 3.46. The van der Waals surface area contributed by atoms with Crippen LogP contribution in [0.3, 0.4) is 0 Å². The number of halogens is 2. The van der Waals surface area contributed by atoms with Crippen LogP contribution in [-0.2, 0) is 6.42 Å². The first kappa shape index (κ1) is 13.5. The number of rotatable bonds is 5. The molecule has 0 fully saturated rings. The third-order valence-corrected chi connectivity index (χ3v) is 3.22. The highest BCUT2D eigenvalue weighted by Crippen LogP contribution is 2.20. The molecule has 1 N–H and O–H groups in total. The molecule has 1 atom stereocenters. The van der Waals surface area contributed by atoms with E-state index in [0.717, 1.165) is 12.8 Å². The topological polar surface area (TPSA) is 12.0 Å². The van der Waals surface area contributed by atoms with E-state index < -0.39 is 0 Å². The van der Waals surface area contributed by atoms with Crippen molar-refractivity contribution in [1.29, 1.82) is 0 Å². The fourth-order valence-electron chi connectivity index (χ4n) is 1.86. The van der Waals surface area contributed by atoms with Crippen LogP contribution < -0.4 is 5.32 Å². The number of benzene rings is 1. The van der Waals surface area contributed by atoms with Crippen molar-refractivity contribution in [3.8, 4) is 0 Å². The van der Waals surface area contributed by atoms with E-state index in [0.29, 0.717) is 17.5 Å². The summed E-state index contributed by atoms with van der Waals surface area (Å²) in [7, 11) is 1.94. The van der Waals surface area contributed by atoms with Gasteiger partial charge in [-0.2, -0.15) is 0 Å². The Morgan fingerprint density at radius 2 is 2.06 bits per heavy atom. The molecular formula is C13H19ClFN. The van der Waals surface area contributed by atoms with Crippen LogP contribution in [0.1, 0.15) is 25.8 Å². The van der Waals surface area contributed by atoms with Crippen molar-refractivity contribution < 1.29 is 4.39 Å². The van der Waals surface area contributed by atoms with E-state index in [2.05, 4.69) is 19.2 Å². The molecule has 1 unspecified atom stereocenters. The zero-order valence-electron chi connectivity index (χ0n) is 10.1. The van der Waals surface area contributed by atoms with Gasteiger partial charge >= 0.3 is 0 Å². The van der Waals surface area contributed by atoms with Crippen molar-refractivity contribution in [3.63, 3.8) is 0 Å². The first-order chi connectivity index (χ1) is 7.56. The molecule has 0 aliphatic rings. The Morgan fingerprint density at radius 3 is 2.62 bits per heavy atom. The Balaban J connectivity index is 2.64. The molecule has 0 amide bonds. The summed E-state index contributed by atoms with van der Waals surface area (Å²) in [5.41, 5.74) is 0.702. The number of nitrogens with one attached hydrogen (secondary N) is 1. The lowest BCUT2D eigenvalue weighted by atomic mass is 9.97. The van der Waals surface area contributed by atoms with Crippen molar-refractivity contribution in [2.75, 3.05) is 7.05 Å². The largest absolute Gasteiger partial charge is 0.317 e. The zero-order valence-corrected chi connectivity index (χ0v) is 10.8. The molecule has 1 nitrogen and oxygen atoms in total. The summed E-state index contributed by atoms with van der Waals surface area (Å²) >= 11 is 5.73. The lowest BCUT2D eigenvalue weighted by Crippen LogP contribution is -2.31. The van der Waals surface area contributed by atoms with E-state index in [1.54, 1.807) is 18.2 Å². The third-order valence-electron chi connectivity index (χ3n) is 2.93. The minimum atomic E-state index is -0.275. The fourth-order valence-corrected chi connectivity index (χ4v) is 2.06. The van der Waals surface area contributed by atoms with Crippen molar-refractivity contribution in [1.82, 2.24) is 5.32 Å². The second-order valence-electron chi connectivity index (χ2n) is 4.39. The smallest absolute Gasteiger partial charge is 0.144 e. The predicted molar refractivity (Wildman–Crippen MR) is 67.4 cm³/mol. The van der Waals surface area contributed by atoms with Gasteiger partial charge < -0.3 is 5.32 Å². The van der Waals surface area contributed by atoms with Crippen molar-refractivity contribution in [3.05, 3.63) is 34.6 Å². The molecule has 1 aromatic rings. The van der Waals surface area contributed by atoms with E-state index in [9.17, 15) is 4.39 Å². The van der Waals surface area contributed by atoms with Crippen LogP contribution in [-0.4, -0.2) is 13.1 Å². The Bertz CT molecular complexity index is 339. The maximum Gasteiger partial charge on any atom is 0.144 e. The van der Waals surface area contributed by atoms with Gasteiger partial charge in [-0.05, 0) is 37.4 Å². The first-order valence-electron chi connectivity index (χ1n) is 5.66. The molecule has 90 valence electrons. The summed E-state index contributed by atoms with van der Waals surface area (Å²) in [6, 6.07) is 5.59. The zero-order chi connectivity index (χ0) is 12.1. The van der Waals surface area contributed by atoms with Crippen LogP contribution in [0.5, 0.6) is 0 Å². The average molecular weight is 244 g/mol. The molecule has 0 heterocycles. The highest BCUT2D eigenvalue weighted by molar-refractivity contribution is 6.30. The van der Waals surface area contributed by atoms with Crippen molar-refractivity contribution in [2.45, 2.75) is 32.7 Å². The Morgan fingerprint density at radius 1 is 1.38 bits per heavy atom. The van der Waals surface area contributed by atoms with Crippen LogP contribution in [0.25, 0.3) is 0 Å². The monoisotopic (exact) mass is 243 g/mol. The maximum atomic E-state index is 13.6. The van der Waals surface area contributed by atoms with E-state index >= 15 is 0 Å². The summed E-state index contributed by atoms with van der Waals surface area (Å²) in [5, 5.41) is 3.46. The number of hydrogen-bond donors (Lipinski definition) is 1. The Kier molecular flexibility index (Phi) is 5.23. The molecule has 3 heteroatoms. The Hall–Kier alpha value is -0.600. The second-order valence-corrected chi connectivity index (χ2v) is 4.80. The average Bonchev–Trinajstić information content (AvgIpc) is 2.24. The normalized spacial score (nSPS) is 13.1. The van der Waals surface area contributed by atoms with Gasteiger partial charge in [-0.3, -0.25) is 0 Å². The molecule has 0 aromatic heterocycles. The number of hydrogen-bond acceptors (Lipinski definition) is 1. The summed E-state index contributed by atoms with van der Waals surface area (Å²) in [6.45, 7) is 4.32. The van der Waals surface area contributed by atoms with Crippen LogP contribution in [0.2, 0.25) is 5.02 Å². The molecule has 16 heavy (non-hydrogen) atoms. The van der Waals surface area contributed by atoms with Crippen molar-refractivity contribution in [2.24, 2.45) is 5.92 Å². The van der Waals surface area contributed by atoms with Gasteiger partial charge in [0.1, 0.15) is 5.82 Å². The molecule has 0 aliphatic heterocycles. The molecule has 0 aliphatic carbocycles. The summed E-state index contributed by atoms with van der Waals surface area (Å²) < 4.78 is 13.6. The van der Waals surface area contributed by atoms with E-state index in [1.807, 2.05) is 7.05 Å². The summed E-state index contributed by atoms with van der Waals surface area (Å²) in [4.78, 5) is 0.